The molecule has 9 heteroatoms. The molecule has 8 nitrogen and oxygen atoms in total. The van der Waals surface area contributed by atoms with Gasteiger partial charge in [-0.15, -0.1) is 0 Å². The van der Waals surface area contributed by atoms with E-state index in [0.717, 1.165) is 51.6 Å². The van der Waals surface area contributed by atoms with Gasteiger partial charge in [-0.2, -0.15) is 0 Å². The molecule has 1 N–H and O–H groups in total. The first-order valence-corrected chi connectivity index (χ1v) is 11.3. The van der Waals surface area contributed by atoms with Gasteiger partial charge in [0.05, 0.1) is 13.2 Å². The third kappa shape index (κ3) is 4.73. The summed E-state index contributed by atoms with van der Waals surface area (Å²) < 4.78 is 13.0. The Bertz CT molecular complexity index is 1060. The average Bonchev–Trinajstić information content (AvgIpc) is 3.20. The molecule has 2 aliphatic heterocycles. The van der Waals surface area contributed by atoms with Crippen molar-refractivity contribution in [2.75, 3.05) is 38.2 Å². The highest BCUT2D eigenvalue weighted by Gasteiger charge is 2.26. The van der Waals surface area contributed by atoms with Crippen LogP contribution >= 0.6 is 15.9 Å². The van der Waals surface area contributed by atoms with Crippen LogP contribution in [0, 0.1) is 5.92 Å². The van der Waals surface area contributed by atoms with Crippen LogP contribution in [0.15, 0.2) is 47.5 Å². The zero-order chi connectivity index (χ0) is 21.2. The predicted octanol–water partition coefficient (Wildman–Crippen LogP) is 3.93. The molecule has 31 heavy (non-hydrogen) atoms. The van der Waals surface area contributed by atoms with Crippen LogP contribution in [-0.4, -0.2) is 58.2 Å². The van der Waals surface area contributed by atoms with Crippen LogP contribution in [0.25, 0.3) is 5.65 Å². The number of benzene rings is 1. The number of rotatable bonds is 5. The molecule has 1 aromatic carbocycles. The molecule has 0 spiro atoms. The molecule has 2 saturated heterocycles. The molecular weight excluding hydrogens is 462 g/mol. The number of carbonyl (C=O) groups excluding carboxylic acids is 1. The third-order valence-electron chi connectivity index (χ3n) is 5.94. The second-order valence-corrected chi connectivity index (χ2v) is 8.95. The van der Waals surface area contributed by atoms with Crippen LogP contribution in [0.1, 0.15) is 24.3 Å². The summed E-state index contributed by atoms with van der Waals surface area (Å²) in [7, 11) is 0. The molecule has 4 heterocycles. The third-order valence-corrected chi connectivity index (χ3v) is 6.32. The van der Waals surface area contributed by atoms with Crippen molar-refractivity contribution in [1.29, 1.82) is 0 Å². The number of imidazole rings is 1. The highest BCUT2D eigenvalue weighted by molar-refractivity contribution is 9.10. The Kier molecular flexibility index (Phi) is 5.89. The lowest BCUT2D eigenvalue weighted by Crippen LogP contribution is -2.42. The number of hydrogen-bond acceptors (Lipinski definition) is 6. The van der Waals surface area contributed by atoms with Crippen molar-refractivity contribution in [3.8, 4) is 5.88 Å². The van der Waals surface area contributed by atoms with E-state index >= 15 is 0 Å². The van der Waals surface area contributed by atoms with Crippen LogP contribution in [0.5, 0.6) is 5.88 Å². The molecular formula is C22H24BrN5O3. The zero-order valence-electron chi connectivity index (χ0n) is 17.0. The predicted molar refractivity (Wildman–Crippen MR) is 119 cm³/mol. The standard InChI is InChI=1S/C22H24BrN5O3/c23-19-12-28-10-7-24-20(28)21(26-19)31-22(29)25-18-3-1-16(2-4-18)17-5-8-27(9-6-17)11-15-13-30-14-15/h1-4,7,10,12,15,17H,5-6,8-9,11,13-14H2,(H,25,29). The Morgan fingerprint density at radius 2 is 2.00 bits per heavy atom. The highest BCUT2D eigenvalue weighted by Crippen LogP contribution is 2.30. The molecule has 0 aliphatic carbocycles. The highest BCUT2D eigenvalue weighted by atomic mass is 79.9. The molecule has 0 atom stereocenters. The van der Waals surface area contributed by atoms with Gasteiger partial charge in [-0.25, -0.2) is 14.8 Å². The zero-order valence-corrected chi connectivity index (χ0v) is 18.6. The fourth-order valence-corrected chi connectivity index (χ4v) is 4.60. The second kappa shape index (κ2) is 8.94. The van der Waals surface area contributed by atoms with Crippen molar-refractivity contribution in [3.63, 3.8) is 0 Å². The summed E-state index contributed by atoms with van der Waals surface area (Å²) in [6.45, 7) is 5.27. The van der Waals surface area contributed by atoms with Gasteiger partial charge in [-0.1, -0.05) is 12.1 Å². The first kappa shape index (κ1) is 20.4. The minimum atomic E-state index is -0.600. The maximum atomic E-state index is 12.4. The Morgan fingerprint density at radius 3 is 2.71 bits per heavy atom. The van der Waals surface area contributed by atoms with Gasteiger partial charge in [-0.3, -0.25) is 9.72 Å². The van der Waals surface area contributed by atoms with Crippen molar-refractivity contribution in [2.45, 2.75) is 18.8 Å². The number of amides is 1. The fourth-order valence-electron chi connectivity index (χ4n) is 4.22. The minimum Gasteiger partial charge on any atom is -0.387 e. The van der Waals surface area contributed by atoms with Crippen molar-refractivity contribution >= 4 is 33.4 Å². The van der Waals surface area contributed by atoms with E-state index in [1.54, 1.807) is 23.0 Å². The number of anilines is 1. The van der Waals surface area contributed by atoms with Crippen LogP contribution in [0.4, 0.5) is 10.5 Å². The second-order valence-electron chi connectivity index (χ2n) is 8.14. The van der Waals surface area contributed by atoms with E-state index in [9.17, 15) is 4.79 Å². The van der Waals surface area contributed by atoms with E-state index in [2.05, 4.69) is 48.2 Å². The lowest BCUT2D eigenvalue weighted by Gasteiger charge is -2.37. The van der Waals surface area contributed by atoms with Crippen molar-refractivity contribution < 1.29 is 14.3 Å². The number of hydrogen-bond donors (Lipinski definition) is 1. The van der Waals surface area contributed by atoms with Crippen molar-refractivity contribution in [1.82, 2.24) is 19.3 Å². The average molecular weight is 486 g/mol. The van der Waals surface area contributed by atoms with E-state index < -0.39 is 6.09 Å². The summed E-state index contributed by atoms with van der Waals surface area (Å²) in [5.74, 6) is 1.43. The van der Waals surface area contributed by atoms with Crippen LogP contribution in [-0.2, 0) is 4.74 Å². The van der Waals surface area contributed by atoms with Gasteiger partial charge in [0.1, 0.15) is 4.60 Å². The van der Waals surface area contributed by atoms with E-state index in [-0.39, 0.29) is 5.88 Å². The number of likely N-dealkylation sites (tertiary alicyclic amines) is 1. The molecule has 0 bridgehead atoms. The number of halogens is 1. The van der Waals surface area contributed by atoms with E-state index in [4.69, 9.17) is 9.47 Å². The Labute approximate surface area is 188 Å². The Hall–Kier alpha value is -2.49. The van der Waals surface area contributed by atoms with Crippen LogP contribution < -0.4 is 10.1 Å². The van der Waals surface area contributed by atoms with Gasteiger partial charge in [0.25, 0.3) is 5.88 Å². The van der Waals surface area contributed by atoms with Gasteiger partial charge >= 0.3 is 6.09 Å². The summed E-state index contributed by atoms with van der Waals surface area (Å²) in [5, 5.41) is 2.76. The molecule has 5 rings (SSSR count). The molecule has 3 aromatic rings. The van der Waals surface area contributed by atoms with Gasteiger partial charge < -0.3 is 14.4 Å². The number of carbonyl (C=O) groups is 1. The smallest absolute Gasteiger partial charge is 0.387 e. The van der Waals surface area contributed by atoms with Gasteiger partial charge in [0.2, 0.25) is 5.65 Å². The van der Waals surface area contributed by atoms with Gasteiger partial charge in [0, 0.05) is 36.7 Å². The Balaban J connectivity index is 1.16. The molecule has 2 aromatic heterocycles. The summed E-state index contributed by atoms with van der Waals surface area (Å²) in [5.41, 5.74) is 2.48. The number of fused-ring (bicyclic) bond motifs is 1. The summed E-state index contributed by atoms with van der Waals surface area (Å²) in [6, 6.07) is 8.04. The van der Waals surface area contributed by atoms with Crippen molar-refractivity contribution in [2.24, 2.45) is 5.92 Å². The SMILES string of the molecule is O=C(Nc1ccc(C2CCN(CC3COC3)CC2)cc1)Oc1nc(Br)cn2ccnc12. The number of nitrogens with one attached hydrogen (secondary N) is 1. The maximum absolute atomic E-state index is 12.4. The maximum Gasteiger partial charge on any atom is 0.418 e. The molecule has 0 radical (unpaired) electrons. The van der Waals surface area contributed by atoms with Gasteiger partial charge in [-0.05, 0) is 65.5 Å². The van der Waals surface area contributed by atoms with E-state index in [0.29, 0.717) is 21.9 Å². The topological polar surface area (TPSA) is 81.0 Å². The van der Waals surface area contributed by atoms with Gasteiger partial charge in [0.15, 0.2) is 0 Å². The quantitative estimate of drug-likeness (QED) is 0.589. The monoisotopic (exact) mass is 485 g/mol. The minimum absolute atomic E-state index is 0.147. The molecule has 162 valence electrons. The summed E-state index contributed by atoms with van der Waals surface area (Å²) in [6.07, 6.45) is 6.86. The number of ether oxygens (including phenoxy) is 2. The van der Waals surface area contributed by atoms with E-state index in [1.165, 1.54) is 5.56 Å². The largest absolute Gasteiger partial charge is 0.418 e. The van der Waals surface area contributed by atoms with E-state index in [1.807, 2.05) is 12.1 Å². The first-order chi connectivity index (χ1) is 15.1. The van der Waals surface area contributed by atoms with Crippen LogP contribution in [0.3, 0.4) is 0 Å². The molecule has 0 unspecified atom stereocenters. The number of piperidine rings is 1. The molecule has 2 fully saturated rings. The fraction of sp³-hybridized carbons (Fsp3) is 0.409. The molecule has 0 saturated carbocycles. The molecule has 1 amide bonds. The number of aromatic nitrogens is 3. The first-order valence-electron chi connectivity index (χ1n) is 10.5. The lowest BCUT2D eigenvalue weighted by atomic mass is 9.89. The summed E-state index contributed by atoms with van der Waals surface area (Å²) in [4.78, 5) is 23.3. The summed E-state index contributed by atoms with van der Waals surface area (Å²) >= 11 is 3.31. The molecule has 2 aliphatic rings. The Morgan fingerprint density at radius 1 is 1.23 bits per heavy atom. The van der Waals surface area contributed by atoms with Crippen molar-refractivity contribution in [3.05, 3.63) is 53.0 Å². The number of nitrogens with zero attached hydrogens (tertiary/aromatic N) is 4. The normalized spacial score (nSPS) is 18.1. The lowest BCUT2D eigenvalue weighted by molar-refractivity contribution is -0.0487. The van der Waals surface area contributed by atoms with Crippen LogP contribution in [0.2, 0.25) is 0 Å².